The van der Waals surface area contributed by atoms with Gasteiger partial charge in [-0.1, -0.05) is 66.2 Å². The second-order valence-electron chi connectivity index (χ2n) is 8.29. The van der Waals surface area contributed by atoms with Crippen LogP contribution in [0.1, 0.15) is 99.8 Å². The first-order chi connectivity index (χ1) is 12.5. The van der Waals surface area contributed by atoms with Crippen molar-refractivity contribution in [2.45, 2.75) is 105 Å². The highest BCUT2D eigenvalue weighted by atomic mass is 31.2. The first-order valence-electron chi connectivity index (χ1n) is 10.6. The van der Waals surface area contributed by atoms with E-state index in [4.69, 9.17) is 14.9 Å². The number of nitrogens with two attached hydrogens (primary N) is 1. The molecule has 0 saturated carbocycles. The van der Waals surface area contributed by atoms with Crippen LogP contribution in [0, 0.1) is 11.8 Å². The van der Waals surface area contributed by atoms with Gasteiger partial charge in [-0.05, 0) is 45.4 Å². The van der Waals surface area contributed by atoms with Gasteiger partial charge in [0.25, 0.3) is 0 Å². The molecule has 0 bridgehead atoms. The highest BCUT2D eigenvalue weighted by molar-refractivity contribution is 7.47. The maximum Gasteiger partial charge on any atom is 0.472 e. The minimum Gasteiger partial charge on any atom is -0.302 e. The molecule has 0 aliphatic rings. The summed E-state index contributed by atoms with van der Waals surface area (Å²) in [7, 11) is -3.89. The van der Waals surface area contributed by atoms with E-state index in [9.17, 15) is 9.46 Å². The fraction of sp³-hybridized carbons (Fsp3) is 1.00. The Balaban J connectivity index is 0. The predicted octanol–water partition coefficient (Wildman–Crippen LogP) is 5.80. The van der Waals surface area contributed by atoms with Crippen molar-refractivity contribution in [2.24, 2.45) is 17.7 Å². The van der Waals surface area contributed by atoms with E-state index in [2.05, 4.69) is 33.1 Å². The van der Waals surface area contributed by atoms with Gasteiger partial charge >= 0.3 is 7.82 Å². The average molecular weight is 411 g/mol. The van der Waals surface area contributed by atoms with E-state index in [0.29, 0.717) is 25.0 Å². The zero-order chi connectivity index (χ0) is 21.3. The van der Waals surface area contributed by atoms with Crippen LogP contribution in [-0.2, 0) is 13.6 Å². The largest absolute Gasteiger partial charge is 0.472 e. The van der Waals surface area contributed by atoms with Crippen LogP contribution in [0.5, 0.6) is 0 Å². The summed E-state index contributed by atoms with van der Waals surface area (Å²) in [5.41, 5.74) is 2.67. The molecule has 0 aliphatic carbocycles. The topological polar surface area (TPSA) is 93.8 Å². The molecule has 0 saturated heterocycles. The quantitative estimate of drug-likeness (QED) is 0.190. The van der Waals surface area contributed by atoms with E-state index in [1.54, 1.807) is 0 Å². The van der Waals surface area contributed by atoms with Gasteiger partial charge in [0.15, 0.2) is 0 Å². The lowest BCUT2D eigenvalue weighted by Gasteiger charge is -2.20. The molecule has 6 nitrogen and oxygen atoms in total. The third kappa shape index (κ3) is 20.6. The number of hydrogen-bond acceptors (Lipinski definition) is 5. The number of phosphoric ester groups is 1. The molecule has 2 unspecified atom stereocenters. The number of phosphoric acid groups is 1. The molecule has 0 rings (SSSR count). The summed E-state index contributed by atoms with van der Waals surface area (Å²) in [6, 6.07) is 0. The molecule has 166 valence electrons. The third-order valence-corrected chi connectivity index (χ3v) is 5.42. The number of unbranched alkanes of at least 4 members (excludes halogenated alkanes) is 2. The van der Waals surface area contributed by atoms with Gasteiger partial charge in [0.05, 0.1) is 13.2 Å². The molecule has 0 radical (unpaired) electrons. The van der Waals surface area contributed by atoms with Crippen LogP contribution >= 0.6 is 7.82 Å². The first-order valence-corrected chi connectivity index (χ1v) is 12.1. The van der Waals surface area contributed by atoms with Crippen molar-refractivity contribution in [3.63, 3.8) is 0 Å². The Labute approximate surface area is 168 Å². The van der Waals surface area contributed by atoms with Crippen LogP contribution in [0.25, 0.3) is 0 Å². The van der Waals surface area contributed by atoms with Crippen molar-refractivity contribution in [1.29, 1.82) is 0 Å². The Hall–Kier alpha value is 0.0300. The van der Waals surface area contributed by atoms with Crippen LogP contribution in [0.3, 0.4) is 0 Å². The Morgan fingerprint density at radius 1 is 0.926 bits per heavy atom. The lowest BCUT2D eigenvalue weighted by atomic mass is 10.0. The van der Waals surface area contributed by atoms with Gasteiger partial charge in [-0.2, -0.15) is 0 Å². The SMILES string of the molecule is CC(C)(C)NN.CCCCC(CC)COP(=O)(O)OCC(CC)CCCC. The summed E-state index contributed by atoms with van der Waals surface area (Å²) in [5.74, 6) is 5.74. The number of nitrogens with one attached hydrogen (secondary N) is 1. The lowest BCUT2D eigenvalue weighted by Crippen LogP contribution is -2.41. The highest BCUT2D eigenvalue weighted by Gasteiger charge is 2.24. The molecule has 4 N–H and O–H groups in total. The van der Waals surface area contributed by atoms with Crippen LogP contribution < -0.4 is 11.3 Å². The van der Waals surface area contributed by atoms with Crippen LogP contribution in [0.4, 0.5) is 0 Å². The summed E-state index contributed by atoms with van der Waals surface area (Å²) >= 11 is 0. The molecule has 0 aromatic rings. The first kappa shape index (κ1) is 29.2. The fourth-order valence-corrected chi connectivity index (χ4v) is 3.11. The summed E-state index contributed by atoms with van der Waals surface area (Å²) in [5, 5.41) is 0. The number of hydrazine groups is 1. The van der Waals surface area contributed by atoms with Gasteiger partial charge in [0, 0.05) is 5.54 Å². The van der Waals surface area contributed by atoms with E-state index >= 15 is 0 Å². The molecular weight excluding hydrogens is 363 g/mol. The van der Waals surface area contributed by atoms with Gasteiger partial charge in [-0.15, -0.1) is 0 Å². The Bertz CT molecular complexity index is 351. The molecule has 7 heteroatoms. The smallest absolute Gasteiger partial charge is 0.302 e. The standard InChI is InChI=1S/C16H35O4P.C4H12N2/c1-5-9-11-15(7-3)13-19-21(17,18)20-14-16(8-4)12-10-6-2;1-4(2,3)6-5/h15-16H,5-14H2,1-4H3,(H,17,18);6H,5H2,1-3H3. The number of rotatable bonds is 14. The predicted molar refractivity (Wildman–Crippen MR) is 115 cm³/mol. The van der Waals surface area contributed by atoms with Crippen LogP contribution in [0.15, 0.2) is 0 Å². The zero-order valence-electron chi connectivity index (χ0n) is 18.9. The van der Waals surface area contributed by atoms with Crippen molar-refractivity contribution < 1.29 is 18.5 Å². The van der Waals surface area contributed by atoms with E-state index in [-0.39, 0.29) is 5.54 Å². The van der Waals surface area contributed by atoms with Gasteiger partial charge in [0.2, 0.25) is 0 Å². The molecule has 27 heavy (non-hydrogen) atoms. The Morgan fingerprint density at radius 2 is 1.26 bits per heavy atom. The summed E-state index contributed by atoms with van der Waals surface area (Å²) in [4.78, 5) is 9.77. The third-order valence-electron chi connectivity index (χ3n) is 4.47. The van der Waals surface area contributed by atoms with E-state index in [1.807, 2.05) is 20.8 Å². The molecule has 0 aromatic carbocycles. The highest BCUT2D eigenvalue weighted by Crippen LogP contribution is 2.44. The molecule has 0 amide bonds. The molecule has 0 fully saturated rings. The van der Waals surface area contributed by atoms with E-state index in [1.165, 1.54) is 0 Å². The molecule has 0 heterocycles. The molecular formula is C20H47N2O4P. The number of hydrogen-bond donors (Lipinski definition) is 3. The second kappa shape index (κ2) is 16.9. The van der Waals surface area contributed by atoms with Crippen molar-refractivity contribution >= 4 is 7.82 Å². The van der Waals surface area contributed by atoms with E-state index in [0.717, 1.165) is 51.4 Å². The molecule has 0 aromatic heterocycles. The monoisotopic (exact) mass is 410 g/mol. The summed E-state index contributed by atoms with van der Waals surface area (Å²) < 4.78 is 22.2. The second-order valence-corrected chi connectivity index (χ2v) is 9.74. The molecule has 0 aliphatic heterocycles. The van der Waals surface area contributed by atoms with Crippen LogP contribution in [-0.4, -0.2) is 23.6 Å². The van der Waals surface area contributed by atoms with Gasteiger partial charge in [-0.3, -0.25) is 20.3 Å². The van der Waals surface area contributed by atoms with E-state index < -0.39 is 7.82 Å². The average Bonchev–Trinajstić information content (AvgIpc) is 2.62. The van der Waals surface area contributed by atoms with Crippen molar-refractivity contribution in [1.82, 2.24) is 5.43 Å². The maximum atomic E-state index is 11.9. The van der Waals surface area contributed by atoms with Gasteiger partial charge in [0.1, 0.15) is 0 Å². The normalized spacial score (nSPS) is 16.2. The minimum absolute atomic E-state index is 0.0694. The maximum absolute atomic E-state index is 11.9. The Morgan fingerprint density at radius 3 is 1.48 bits per heavy atom. The van der Waals surface area contributed by atoms with Gasteiger partial charge < -0.3 is 4.89 Å². The van der Waals surface area contributed by atoms with Crippen molar-refractivity contribution in [3.8, 4) is 0 Å². The summed E-state index contributed by atoms with van der Waals surface area (Å²) in [6.07, 6.45) is 8.56. The molecule has 0 spiro atoms. The van der Waals surface area contributed by atoms with Crippen molar-refractivity contribution in [2.75, 3.05) is 13.2 Å². The Kier molecular flexibility index (Phi) is 18.3. The van der Waals surface area contributed by atoms with Gasteiger partial charge in [-0.25, -0.2) is 4.57 Å². The summed E-state index contributed by atoms with van der Waals surface area (Å²) in [6.45, 7) is 15.1. The van der Waals surface area contributed by atoms with Crippen molar-refractivity contribution in [3.05, 3.63) is 0 Å². The lowest BCUT2D eigenvalue weighted by molar-refractivity contribution is 0.110. The van der Waals surface area contributed by atoms with Crippen LogP contribution in [0.2, 0.25) is 0 Å². The zero-order valence-corrected chi connectivity index (χ0v) is 19.8. The fourth-order valence-electron chi connectivity index (χ4n) is 2.23. The molecule has 2 atom stereocenters. The minimum atomic E-state index is -3.89.